The van der Waals surface area contributed by atoms with Crippen molar-refractivity contribution in [2.75, 3.05) is 30.4 Å². The smallest absolute Gasteiger partial charge is 0.224 e. The van der Waals surface area contributed by atoms with Gasteiger partial charge < -0.3 is 10.2 Å². The van der Waals surface area contributed by atoms with Crippen LogP contribution in [0.25, 0.3) is 0 Å². The Labute approximate surface area is 148 Å². The first kappa shape index (κ1) is 16.9. The number of hydrogen-bond donors (Lipinski definition) is 1. The van der Waals surface area contributed by atoms with Crippen LogP contribution in [0.4, 0.5) is 11.8 Å². The van der Waals surface area contributed by atoms with Crippen LogP contribution in [0.15, 0.2) is 67.1 Å². The van der Waals surface area contributed by atoms with Crippen molar-refractivity contribution in [3.63, 3.8) is 0 Å². The van der Waals surface area contributed by atoms with Crippen molar-refractivity contribution in [1.29, 1.82) is 0 Å². The minimum Gasteiger partial charge on any atom is -0.359 e. The van der Waals surface area contributed by atoms with Gasteiger partial charge in [0.15, 0.2) is 0 Å². The molecule has 0 unspecified atom stereocenters. The minimum absolute atomic E-state index is 0.671. The van der Waals surface area contributed by atoms with Crippen LogP contribution in [0.2, 0.25) is 0 Å². The maximum absolute atomic E-state index is 4.61. The zero-order valence-corrected chi connectivity index (χ0v) is 14.5. The highest BCUT2D eigenvalue weighted by Crippen LogP contribution is 2.11. The van der Waals surface area contributed by atoms with Crippen LogP contribution in [-0.4, -0.2) is 35.1 Å². The van der Waals surface area contributed by atoms with Gasteiger partial charge in [0.05, 0.1) is 0 Å². The number of benzene rings is 1. The molecular formula is C20H23N5. The molecule has 0 spiro atoms. The lowest BCUT2D eigenvalue weighted by molar-refractivity contribution is 0.853. The van der Waals surface area contributed by atoms with Crippen LogP contribution in [0, 0.1) is 0 Å². The van der Waals surface area contributed by atoms with E-state index in [1.54, 1.807) is 6.20 Å². The largest absolute Gasteiger partial charge is 0.359 e. The van der Waals surface area contributed by atoms with Crippen LogP contribution in [-0.2, 0) is 12.8 Å². The van der Waals surface area contributed by atoms with Gasteiger partial charge in [0.1, 0.15) is 5.82 Å². The fraction of sp³-hybridized carbons (Fsp3) is 0.250. The zero-order valence-electron chi connectivity index (χ0n) is 14.5. The summed E-state index contributed by atoms with van der Waals surface area (Å²) in [5.74, 6) is 1.59. The molecule has 0 aliphatic heterocycles. The third-order valence-electron chi connectivity index (χ3n) is 4.06. The van der Waals surface area contributed by atoms with Gasteiger partial charge in [0.25, 0.3) is 0 Å². The van der Waals surface area contributed by atoms with Crippen molar-refractivity contribution in [2.45, 2.75) is 12.8 Å². The van der Waals surface area contributed by atoms with Crippen LogP contribution in [0.5, 0.6) is 0 Å². The van der Waals surface area contributed by atoms with E-state index in [9.17, 15) is 0 Å². The average molecular weight is 333 g/mol. The lowest BCUT2D eigenvalue weighted by Crippen LogP contribution is -2.22. The maximum Gasteiger partial charge on any atom is 0.224 e. The third kappa shape index (κ3) is 5.28. The molecule has 1 N–H and O–H groups in total. The SMILES string of the molecule is CN(CCc1ccncc1)c1ccnc(NCCc2ccccc2)n1. The summed E-state index contributed by atoms with van der Waals surface area (Å²) in [6, 6.07) is 16.4. The third-order valence-corrected chi connectivity index (χ3v) is 4.06. The second-order valence-electron chi connectivity index (χ2n) is 5.93. The first-order chi connectivity index (χ1) is 12.3. The van der Waals surface area contributed by atoms with E-state index in [1.165, 1.54) is 11.1 Å². The van der Waals surface area contributed by atoms with Gasteiger partial charge in [-0.25, -0.2) is 4.98 Å². The van der Waals surface area contributed by atoms with Crippen molar-refractivity contribution >= 4 is 11.8 Å². The molecule has 0 saturated heterocycles. The summed E-state index contributed by atoms with van der Waals surface area (Å²) in [6.45, 7) is 1.71. The lowest BCUT2D eigenvalue weighted by Gasteiger charge is -2.18. The molecular weight excluding hydrogens is 310 g/mol. The molecule has 3 rings (SSSR count). The second kappa shape index (κ2) is 8.78. The number of nitrogens with one attached hydrogen (secondary N) is 1. The molecule has 0 atom stereocenters. The standard InChI is InChI=1S/C20H23N5/c1-25(16-11-18-7-12-21-13-8-18)19-10-15-23-20(24-19)22-14-9-17-5-3-2-4-6-17/h2-8,10,12-13,15H,9,11,14,16H2,1H3,(H,22,23,24). The lowest BCUT2D eigenvalue weighted by atomic mass is 10.1. The number of hydrogen-bond acceptors (Lipinski definition) is 5. The van der Waals surface area contributed by atoms with Gasteiger partial charge >= 0.3 is 0 Å². The summed E-state index contributed by atoms with van der Waals surface area (Å²) in [5, 5.41) is 3.31. The van der Waals surface area contributed by atoms with Gasteiger partial charge in [-0.1, -0.05) is 30.3 Å². The van der Waals surface area contributed by atoms with Crippen molar-refractivity contribution in [2.24, 2.45) is 0 Å². The van der Waals surface area contributed by atoms with Crippen LogP contribution in [0.1, 0.15) is 11.1 Å². The van der Waals surface area contributed by atoms with Gasteiger partial charge in [0, 0.05) is 38.7 Å². The van der Waals surface area contributed by atoms with Gasteiger partial charge in [-0.15, -0.1) is 0 Å². The number of aromatic nitrogens is 3. The number of pyridine rings is 1. The summed E-state index contributed by atoms with van der Waals surface area (Å²) in [5.41, 5.74) is 2.58. The highest BCUT2D eigenvalue weighted by molar-refractivity contribution is 5.42. The molecule has 0 amide bonds. The Morgan fingerprint density at radius 2 is 1.64 bits per heavy atom. The fourth-order valence-corrected chi connectivity index (χ4v) is 2.57. The van der Waals surface area contributed by atoms with E-state index in [0.717, 1.165) is 31.7 Å². The molecule has 0 bridgehead atoms. The number of nitrogens with zero attached hydrogens (tertiary/aromatic N) is 4. The van der Waals surface area contributed by atoms with Crippen LogP contribution < -0.4 is 10.2 Å². The first-order valence-electron chi connectivity index (χ1n) is 8.52. The Bertz CT molecular complexity index is 761. The Balaban J connectivity index is 1.51. The van der Waals surface area contributed by atoms with E-state index in [4.69, 9.17) is 0 Å². The molecule has 1 aromatic carbocycles. The highest BCUT2D eigenvalue weighted by Gasteiger charge is 2.05. The molecule has 5 heteroatoms. The number of anilines is 2. The van der Waals surface area contributed by atoms with E-state index in [2.05, 4.69) is 56.5 Å². The summed E-state index contributed by atoms with van der Waals surface area (Å²) in [6.07, 6.45) is 7.37. The molecule has 0 aliphatic rings. The Morgan fingerprint density at radius 3 is 2.44 bits per heavy atom. The molecule has 0 radical (unpaired) electrons. The fourth-order valence-electron chi connectivity index (χ4n) is 2.57. The summed E-state index contributed by atoms with van der Waals surface area (Å²) in [4.78, 5) is 15.1. The Morgan fingerprint density at radius 1 is 0.880 bits per heavy atom. The van der Waals surface area contributed by atoms with E-state index in [1.807, 2.05) is 36.7 Å². The Kier molecular flexibility index (Phi) is 5.93. The van der Waals surface area contributed by atoms with Gasteiger partial charge in [-0.05, 0) is 42.2 Å². The monoisotopic (exact) mass is 333 g/mol. The number of rotatable bonds is 8. The highest BCUT2D eigenvalue weighted by atomic mass is 15.2. The summed E-state index contributed by atoms with van der Waals surface area (Å²) < 4.78 is 0. The molecule has 0 aliphatic carbocycles. The van der Waals surface area contributed by atoms with E-state index in [0.29, 0.717) is 5.95 Å². The average Bonchev–Trinajstić information content (AvgIpc) is 2.68. The number of likely N-dealkylation sites (N-methyl/N-ethyl adjacent to an activating group) is 1. The van der Waals surface area contributed by atoms with Crippen molar-refractivity contribution < 1.29 is 0 Å². The summed E-state index contributed by atoms with van der Waals surface area (Å²) in [7, 11) is 2.05. The molecule has 0 saturated carbocycles. The van der Waals surface area contributed by atoms with Gasteiger partial charge in [0.2, 0.25) is 5.95 Å². The molecule has 0 fully saturated rings. The van der Waals surface area contributed by atoms with Gasteiger partial charge in [-0.2, -0.15) is 4.98 Å². The first-order valence-corrected chi connectivity index (χ1v) is 8.52. The minimum atomic E-state index is 0.671. The Hall–Kier alpha value is -2.95. The van der Waals surface area contributed by atoms with Crippen molar-refractivity contribution in [3.8, 4) is 0 Å². The molecule has 2 aromatic heterocycles. The van der Waals surface area contributed by atoms with Crippen LogP contribution >= 0.6 is 0 Å². The topological polar surface area (TPSA) is 53.9 Å². The molecule has 3 aromatic rings. The van der Waals surface area contributed by atoms with Crippen molar-refractivity contribution in [1.82, 2.24) is 15.0 Å². The predicted octanol–water partition coefficient (Wildman–Crippen LogP) is 3.21. The van der Waals surface area contributed by atoms with E-state index >= 15 is 0 Å². The normalized spacial score (nSPS) is 10.4. The van der Waals surface area contributed by atoms with Crippen molar-refractivity contribution in [3.05, 3.63) is 78.2 Å². The maximum atomic E-state index is 4.61. The summed E-state index contributed by atoms with van der Waals surface area (Å²) >= 11 is 0. The molecule has 128 valence electrons. The molecule has 25 heavy (non-hydrogen) atoms. The van der Waals surface area contributed by atoms with Crippen LogP contribution in [0.3, 0.4) is 0 Å². The quantitative estimate of drug-likeness (QED) is 0.686. The van der Waals surface area contributed by atoms with Gasteiger partial charge in [-0.3, -0.25) is 4.98 Å². The van der Waals surface area contributed by atoms with E-state index < -0.39 is 0 Å². The van der Waals surface area contributed by atoms with E-state index in [-0.39, 0.29) is 0 Å². The molecule has 2 heterocycles. The molecule has 5 nitrogen and oxygen atoms in total. The second-order valence-corrected chi connectivity index (χ2v) is 5.93. The predicted molar refractivity (Wildman–Crippen MR) is 102 cm³/mol. The zero-order chi connectivity index (χ0) is 17.3.